The first-order valence-corrected chi connectivity index (χ1v) is 8.72. The fourth-order valence-electron chi connectivity index (χ4n) is 2.53. The van der Waals surface area contributed by atoms with Crippen LogP contribution in [-0.2, 0) is 17.8 Å². The maximum atomic E-state index is 10.9. The van der Waals surface area contributed by atoms with E-state index in [0.29, 0.717) is 22.1 Å². The molecule has 0 saturated carbocycles. The molecule has 2 heterocycles. The lowest BCUT2D eigenvalue weighted by molar-refractivity contribution is -0.136. The van der Waals surface area contributed by atoms with E-state index in [1.54, 1.807) is 18.2 Å². The molecule has 1 aromatic carbocycles. The van der Waals surface area contributed by atoms with Gasteiger partial charge in [-0.1, -0.05) is 36.0 Å². The lowest BCUT2D eigenvalue weighted by Crippen LogP contribution is -2.05. The van der Waals surface area contributed by atoms with E-state index in [9.17, 15) is 9.90 Å². The molecule has 0 atom stereocenters. The Labute approximate surface area is 152 Å². The number of carboxylic acids is 1. The molecule has 0 aliphatic carbocycles. The SMILES string of the molecule is Nc1nc(SCCO)nc2c1nc(O)n2Cc1cccc(CC(=O)O)c1. The Bertz CT molecular complexity index is 959. The van der Waals surface area contributed by atoms with Crippen molar-refractivity contribution in [3.05, 3.63) is 35.4 Å². The number of aromatic hydroxyl groups is 1. The van der Waals surface area contributed by atoms with Crippen molar-refractivity contribution in [3.8, 4) is 6.01 Å². The van der Waals surface area contributed by atoms with Crippen LogP contribution in [0.4, 0.5) is 5.82 Å². The van der Waals surface area contributed by atoms with Crippen LogP contribution >= 0.6 is 11.8 Å². The van der Waals surface area contributed by atoms with Gasteiger partial charge in [0.25, 0.3) is 6.01 Å². The first kappa shape index (κ1) is 18.0. The van der Waals surface area contributed by atoms with Gasteiger partial charge in [0, 0.05) is 5.75 Å². The summed E-state index contributed by atoms with van der Waals surface area (Å²) >= 11 is 1.24. The lowest BCUT2D eigenvalue weighted by Gasteiger charge is -2.08. The first-order valence-electron chi connectivity index (χ1n) is 7.74. The molecule has 9 nitrogen and oxygen atoms in total. The van der Waals surface area contributed by atoms with Gasteiger partial charge in [0.05, 0.1) is 19.6 Å². The Morgan fingerprint density at radius 3 is 2.73 bits per heavy atom. The van der Waals surface area contributed by atoms with Crippen molar-refractivity contribution in [2.75, 3.05) is 18.1 Å². The van der Waals surface area contributed by atoms with E-state index >= 15 is 0 Å². The summed E-state index contributed by atoms with van der Waals surface area (Å²) in [7, 11) is 0. The molecule has 26 heavy (non-hydrogen) atoms. The molecule has 3 aromatic rings. The number of imidazole rings is 1. The number of nitrogen functional groups attached to an aromatic ring is 1. The highest BCUT2D eigenvalue weighted by atomic mass is 32.2. The normalized spacial score (nSPS) is 11.1. The van der Waals surface area contributed by atoms with Crippen LogP contribution < -0.4 is 5.73 Å². The van der Waals surface area contributed by atoms with Crippen LogP contribution in [0, 0.1) is 0 Å². The molecule has 0 fully saturated rings. The molecule has 5 N–H and O–H groups in total. The Hall–Kier alpha value is -2.85. The third kappa shape index (κ3) is 3.86. The maximum absolute atomic E-state index is 10.9. The maximum Gasteiger partial charge on any atom is 0.307 e. The third-order valence-corrected chi connectivity index (χ3v) is 4.42. The number of aliphatic carboxylic acids is 1. The number of nitrogens with zero attached hydrogens (tertiary/aromatic N) is 4. The van der Waals surface area contributed by atoms with E-state index in [2.05, 4.69) is 15.0 Å². The van der Waals surface area contributed by atoms with Crippen LogP contribution in [-0.4, -0.2) is 53.2 Å². The smallest absolute Gasteiger partial charge is 0.307 e. The van der Waals surface area contributed by atoms with E-state index in [-0.39, 0.29) is 36.9 Å². The average Bonchev–Trinajstić information content (AvgIpc) is 2.89. The van der Waals surface area contributed by atoms with Gasteiger partial charge in [-0.3, -0.25) is 9.36 Å². The molecule has 2 aromatic heterocycles. The number of aromatic nitrogens is 4. The molecule has 0 spiro atoms. The van der Waals surface area contributed by atoms with Crippen LogP contribution in [0.15, 0.2) is 29.4 Å². The van der Waals surface area contributed by atoms with Crippen molar-refractivity contribution < 1.29 is 20.1 Å². The summed E-state index contributed by atoms with van der Waals surface area (Å²) < 4.78 is 1.48. The van der Waals surface area contributed by atoms with Gasteiger partial charge in [-0.05, 0) is 11.1 Å². The first-order chi connectivity index (χ1) is 12.5. The van der Waals surface area contributed by atoms with Gasteiger partial charge in [-0.25, -0.2) is 9.97 Å². The zero-order valence-electron chi connectivity index (χ0n) is 13.7. The number of hydrogen-bond acceptors (Lipinski definition) is 8. The van der Waals surface area contributed by atoms with E-state index in [1.165, 1.54) is 16.3 Å². The van der Waals surface area contributed by atoms with Crippen molar-refractivity contribution in [1.29, 1.82) is 0 Å². The number of carboxylic acid groups (broad SMARTS) is 1. The van der Waals surface area contributed by atoms with Gasteiger partial charge in [0.1, 0.15) is 0 Å². The number of aliphatic hydroxyl groups excluding tert-OH is 1. The highest BCUT2D eigenvalue weighted by molar-refractivity contribution is 7.99. The van der Waals surface area contributed by atoms with Crippen molar-refractivity contribution in [1.82, 2.24) is 19.5 Å². The fourth-order valence-corrected chi connectivity index (χ4v) is 3.12. The van der Waals surface area contributed by atoms with Gasteiger partial charge >= 0.3 is 5.97 Å². The Morgan fingerprint density at radius 1 is 1.23 bits per heavy atom. The molecule has 0 aliphatic rings. The Kier molecular flexibility index (Phi) is 5.24. The Balaban J connectivity index is 1.98. The third-order valence-electron chi connectivity index (χ3n) is 3.59. The number of benzene rings is 1. The highest BCUT2D eigenvalue weighted by Gasteiger charge is 2.17. The molecule has 0 radical (unpaired) electrons. The standard InChI is InChI=1S/C16H17N5O4S/c17-13-12-14(20-15(19-13)26-5-4-22)21(16(25)18-12)8-10-3-1-2-9(6-10)7-11(23)24/h1-3,6,22H,4-5,7-8H2,(H,18,25)(H,23,24)(H2,17,19,20). The van der Waals surface area contributed by atoms with Crippen molar-refractivity contribution in [2.24, 2.45) is 0 Å². The predicted molar refractivity (Wildman–Crippen MR) is 96.1 cm³/mol. The number of anilines is 1. The molecule has 136 valence electrons. The monoisotopic (exact) mass is 375 g/mol. The summed E-state index contributed by atoms with van der Waals surface area (Å²) in [5.41, 5.74) is 8.02. The zero-order valence-corrected chi connectivity index (χ0v) is 14.5. The number of carbonyl (C=O) groups is 1. The largest absolute Gasteiger partial charge is 0.481 e. The van der Waals surface area contributed by atoms with Crippen molar-refractivity contribution in [2.45, 2.75) is 18.1 Å². The van der Waals surface area contributed by atoms with Gasteiger partial charge in [0.15, 0.2) is 22.1 Å². The van der Waals surface area contributed by atoms with Crippen molar-refractivity contribution >= 4 is 34.7 Å². The van der Waals surface area contributed by atoms with E-state index in [1.807, 2.05) is 6.07 Å². The number of hydrogen-bond donors (Lipinski definition) is 4. The second-order valence-corrected chi connectivity index (χ2v) is 6.59. The quantitative estimate of drug-likeness (QED) is 0.349. The number of fused-ring (bicyclic) bond motifs is 1. The van der Waals surface area contributed by atoms with Crippen LogP contribution in [0.2, 0.25) is 0 Å². The molecular weight excluding hydrogens is 358 g/mol. The molecule has 0 bridgehead atoms. The highest BCUT2D eigenvalue weighted by Crippen LogP contribution is 2.26. The summed E-state index contributed by atoms with van der Waals surface area (Å²) in [6.07, 6.45) is -0.0818. The minimum Gasteiger partial charge on any atom is -0.481 e. The van der Waals surface area contributed by atoms with Gasteiger partial charge in [-0.15, -0.1) is 0 Å². The fraction of sp³-hybridized carbons (Fsp3) is 0.250. The number of rotatable bonds is 7. The van der Waals surface area contributed by atoms with E-state index < -0.39 is 5.97 Å². The topological polar surface area (TPSA) is 147 Å². The summed E-state index contributed by atoms with van der Waals surface area (Å²) in [5, 5.41) is 28.4. The molecule has 0 amide bonds. The lowest BCUT2D eigenvalue weighted by atomic mass is 10.1. The summed E-state index contributed by atoms with van der Waals surface area (Å²) in [6.45, 7) is 0.225. The van der Waals surface area contributed by atoms with Crippen LogP contribution in [0.25, 0.3) is 11.2 Å². The second-order valence-electron chi connectivity index (χ2n) is 5.52. The molecule has 10 heteroatoms. The molecular formula is C16H17N5O4S. The van der Waals surface area contributed by atoms with Crippen LogP contribution in [0.1, 0.15) is 11.1 Å². The van der Waals surface area contributed by atoms with Gasteiger partial charge in [0.2, 0.25) is 0 Å². The predicted octanol–water partition coefficient (Wildman–Crippen LogP) is 0.874. The van der Waals surface area contributed by atoms with E-state index in [0.717, 1.165) is 5.56 Å². The summed E-state index contributed by atoms with van der Waals surface area (Å²) in [6, 6.07) is 6.81. The Morgan fingerprint density at radius 2 is 2.00 bits per heavy atom. The van der Waals surface area contributed by atoms with Crippen LogP contribution in [0.5, 0.6) is 6.01 Å². The summed E-state index contributed by atoms with van der Waals surface area (Å²) in [5.74, 6) is -0.351. The molecule has 0 saturated heterocycles. The minimum atomic E-state index is -0.913. The minimum absolute atomic E-state index is 0.0210. The number of aliphatic hydroxyl groups is 1. The molecule has 3 rings (SSSR count). The second kappa shape index (κ2) is 7.58. The van der Waals surface area contributed by atoms with Crippen LogP contribution in [0.3, 0.4) is 0 Å². The average molecular weight is 375 g/mol. The summed E-state index contributed by atoms with van der Waals surface area (Å²) in [4.78, 5) is 23.4. The number of thioether (sulfide) groups is 1. The molecule has 0 aliphatic heterocycles. The number of nitrogens with two attached hydrogens (primary N) is 1. The zero-order chi connectivity index (χ0) is 18.7. The molecule has 0 unspecified atom stereocenters. The van der Waals surface area contributed by atoms with E-state index in [4.69, 9.17) is 15.9 Å². The van der Waals surface area contributed by atoms with Gasteiger partial charge < -0.3 is 21.1 Å². The van der Waals surface area contributed by atoms with Crippen molar-refractivity contribution in [3.63, 3.8) is 0 Å². The van der Waals surface area contributed by atoms with Gasteiger partial charge in [-0.2, -0.15) is 4.98 Å².